The van der Waals surface area contributed by atoms with Gasteiger partial charge in [0.25, 0.3) is 17.0 Å². The normalized spacial score (nSPS) is 10.8. The average molecular weight is 459 g/mol. The summed E-state index contributed by atoms with van der Waals surface area (Å²) >= 11 is 5.26. The van der Waals surface area contributed by atoms with Gasteiger partial charge in [0.15, 0.2) is 4.77 Å². The van der Waals surface area contributed by atoms with Gasteiger partial charge in [-0.1, -0.05) is 36.4 Å². The molecule has 0 spiro atoms. The van der Waals surface area contributed by atoms with Crippen molar-refractivity contribution in [2.24, 2.45) is 0 Å². The number of carbonyl (C=O) groups is 1. The standard InChI is InChI=1S/C25H22N4O3S/c1-2-12-29-24(32)20-11-10-19(14-21(20)27-25(29)33)23(31)26-15-17-6-8-18(9-7-17)16-28-13-4-3-5-22(28)30/h2-11,13-14H,1,12,15-16H2,(H,26,31)(H,27,33). The molecular formula is C25H22N4O3S. The number of carbonyl (C=O) groups excluding carboxylic acids is 1. The van der Waals surface area contributed by atoms with Gasteiger partial charge < -0.3 is 14.9 Å². The van der Waals surface area contributed by atoms with Gasteiger partial charge in [-0.2, -0.15) is 0 Å². The number of H-pyrrole nitrogens is 1. The van der Waals surface area contributed by atoms with Crippen molar-refractivity contribution in [2.45, 2.75) is 19.6 Å². The number of nitrogens with zero attached hydrogens (tertiary/aromatic N) is 2. The summed E-state index contributed by atoms with van der Waals surface area (Å²) in [5.74, 6) is -0.258. The van der Waals surface area contributed by atoms with Crippen molar-refractivity contribution in [3.05, 3.63) is 122 Å². The van der Waals surface area contributed by atoms with E-state index in [-0.39, 0.29) is 21.8 Å². The van der Waals surface area contributed by atoms with E-state index in [2.05, 4.69) is 16.9 Å². The van der Waals surface area contributed by atoms with Gasteiger partial charge in [-0.15, -0.1) is 6.58 Å². The van der Waals surface area contributed by atoms with Crippen LogP contribution in [0.1, 0.15) is 21.5 Å². The Morgan fingerprint density at radius 1 is 1.06 bits per heavy atom. The van der Waals surface area contributed by atoms with E-state index >= 15 is 0 Å². The molecule has 2 heterocycles. The lowest BCUT2D eigenvalue weighted by atomic mass is 10.1. The number of aromatic nitrogens is 3. The van der Waals surface area contributed by atoms with E-state index in [0.717, 1.165) is 11.1 Å². The first-order chi connectivity index (χ1) is 16.0. The molecule has 8 heteroatoms. The van der Waals surface area contributed by atoms with Crippen LogP contribution < -0.4 is 16.4 Å². The minimum atomic E-state index is -0.258. The second-order valence-corrected chi connectivity index (χ2v) is 7.95. The van der Waals surface area contributed by atoms with E-state index in [1.54, 1.807) is 41.1 Å². The van der Waals surface area contributed by atoms with E-state index in [1.165, 1.54) is 10.6 Å². The Hall–Kier alpha value is -4.04. The molecule has 0 bridgehead atoms. The van der Waals surface area contributed by atoms with Gasteiger partial charge >= 0.3 is 0 Å². The number of fused-ring (bicyclic) bond motifs is 1. The fraction of sp³-hybridized carbons (Fsp3) is 0.120. The van der Waals surface area contributed by atoms with Crippen LogP contribution in [-0.4, -0.2) is 20.0 Å². The molecule has 166 valence electrons. The molecule has 2 aromatic carbocycles. The molecule has 0 aliphatic rings. The molecule has 1 amide bonds. The zero-order chi connectivity index (χ0) is 23.4. The number of hydrogen-bond donors (Lipinski definition) is 2. The zero-order valence-corrected chi connectivity index (χ0v) is 18.6. The van der Waals surface area contributed by atoms with E-state index in [4.69, 9.17) is 12.2 Å². The highest BCUT2D eigenvalue weighted by Crippen LogP contribution is 2.12. The molecule has 0 fully saturated rings. The molecule has 2 N–H and O–H groups in total. The third kappa shape index (κ3) is 4.91. The van der Waals surface area contributed by atoms with E-state index in [1.807, 2.05) is 30.3 Å². The smallest absolute Gasteiger partial charge is 0.262 e. The van der Waals surface area contributed by atoms with Crippen molar-refractivity contribution in [1.82, 2.24) is 19.4 Å². The van der Waals surface area contributed by atoms with Crippen LogP contribution in [0.25, 0.3) is 10.9 Å². The number of aromatic amines is 1. The van der Waals surface area contributed by atoms with Crippen LogP contribution in [0, 0.1) is 4.77 Å². The Balaban J connectivity index is 1.45. The molecule has 33 heavy (non-hydrogen) atoms. The highest BCUT2D eigenvalue weighted by atomic mass is 32.1. The van der Waals surface area contributed by atoms with Gasteiger partial charge in [0.1, 0.15) is 0 Å². The topological polar surface area (TPSA) is 88.9 Å². The molecule has 0 unspecified atom stereocenters. The van der Waals surface area contributed by atoms with Crippen molar-refractivity contribution in [3.8, 4) is 0 Å². The molecule has 0 radical (unpaired) electrons. The minimum absolute atomic E-state index is 0.0516. The highest BCUT2D eigenvalue weighted by molar-refractivity contribution is 7.71. The number of amides is 1. The number of hydrogen-bond acceptors (Lipinski definition) is 4. The predicted octanol–water partition coefficient (Wildman–Crippen LogP) is 3.39. The summed E-state index contributed by atoms with van der Waals surface area (Å²) in [4.78, 5) is 40.1. The third-order valence-electron chi connectivity index (χ3n) is 5.28. The van der Waals surface area contributed by atoms with Crippen molar-refractivity contribution >= 4 is 29.0 Å². The quantitative estimate of drug-likeness (QED) is 0.328. The number of nitrogens with one attached hydrogen (secondary N) is 2. The molecule has 7 nitrogen and oxygen atoms in total. The van der Waals surface area contributed by atoms with Crippen LogP contribution in [-0.2, 0) is 19.6 Å². The monoisotopic (exact) mass is 458 g/mol. The van der Waals surface area contributed by atoms with Crippen molar-refractivity contribution < 1.29 is 4.79 Å². The Morgan fingerprint density at radius 3 is 2.55 bits per heavy atom. The van der Waals surface area contributed by atoms with Gasteiger partial charge in [-0.3, -0.25) is 19.0 Å². The molecule has 0 saturated carbocycles. The van der Waals surface area contributed by atoms with Crippen LogP contribution in [0.2, 0.25) is 0 Å². The average Bonchev–Trinajstić information content (AvgIpc) is 2.82. The Labute approximate surface area is 194 Å². The summed E-state index contributed by atoms with van der Waals surface area (Å²) in [6, 6.07) is 17.6. The van der Waals surface area contributed by atoms with Gasteiger partial charge in [0, 0.05) is 30.9 Å². The van der Waals surface area contributed by atoms with Crippen LogP contribution in [0.3, 0.4) is 0 Å². The SMILES string of the molecule is C=CCn1c(=S)[nH]c2cc(C(=O)NCc3ccc(Cn4ccccc4=O)cc3)ccc2c1=O. The molecule has 4 aromatic rings. The van der Waals surface area contributed by atoms with Crippen LogP contribution >= 0.6 is 12.2 Å². The third-order valence-corrected chi connectivity index (χ3v) is 5.61. The maximum Gasteiger partial charge on any atom is 0.262 e. The zero-order valence-electron chi connectivity index (χ0n) is 17.8. The summed E-state index contributed by atoms with van der Waals surface area (Å²) in [5, 5.41) is 3.34. The molecule has 0 aliphatic carbocycles. The van der Waals surface area contributed by atoms with Crippen molar-refractivity contribution in [2.75, 3.05) is 0 Å². The minimum Gasteiger partial charge on any atom is -0.348 e. The fourth-order valence-electron chi connectivity index (χ4n) is 3.53. The first-order valence-corrected chi connectivity index (χ1v) is 10.8. The largest absolute Gasteiger partial charge is 0.348 e. The first kappa shape index (κ1) is 22.2. The molecule has 4 rings (SSSR count). The maximum atomic E-state index is 12.7. The summed E-state index contributed by atoms with van der Waals surface area (Å²) in [7, 11) is 0. The highest BCUT2D eigenvalue weighted by Gasteiger charge is 2.10. The maximum absolute atomic E-state index is 12.7. The second kappa shape index (κ2) is 9.62. The lowest BCUT2D eigenvalue weighted by Crippen LogP contribution is -2.24. The van der Waals surface area contributed by atoms with Crippen molar-refractivity contribution in [1.29, 1.82) is 0 Å². The van der Waals surface area contributed by atoms with Crippen molar-refractivity contribution in [3.63, 3.8) is 0 Å². The lowest BCUT2D eigenvalue weighted by molar-refractivity contribution is 0.0951. The van der Waals surface area contributed by atoms with Gasteiger partial charge in [0.2, 0.25) is 0 Å². The van der Waals surface area contributed by atoms with Gasteiger partial charge in [-0.25, -0.2) is 0 Å². The fourth-order valence-corrected chi connectivity index (χ4v) is 3.79. The number of benzene rings is 2. The number of rotatable bonds is 7. The summed E-state index contributed by atoms with van der Waals surface area (Å²) in [6.45, 7) is 4.79. The Kier molecular flexibility index (Phi) is 6.46. The predicted molar refractivity (Wildman–Crippen MR) is 131 cm³/mol. The number of pyridine rings is 1. The second-order valence-electron chi connectivity index (χ2n) is 7.56. The van der Waals surface area contributed by atoms with E-state index < -0.39 is 0 Å². The van der Waals surface area contributed by atoms with Gasteiger partial charge in [0.05, 0.1) is 17.4 Å². The molecule has 0 atom stereocenters. The van der Waals surface area contributed by atoms with E-state index in [0.29, 0.717) is 36.1 Å². The molecular weight excluding hydrogens is 436 g/mol. The van der Waals surface area contributed by atoms with Crippen LogP contribution in [0.15, 0.2) is 89.1 Å². The Morgan fingerprint density at radius 2 is 1.82 bits per heavy atom. The first-order valence-electron chi connectivity index (χ1n) is 10.4. The molecule has 0 saturated heterocycles. The summed E-state index contributed by atoms with van der Waals surface area (Å²) < 4.78 is 3.33. The molecule has 0 aliphatic heterocycles. The van der Waals surface area contributed by atoms with Crippen LogP contribution in [0.5, 0.6) is 0 Å². The summed E-state index contributed by atoms with van der Waals surface area (Å²) in [6.07, 6.45) is 3.36. The summed E-state index contributed by atoms with van der Waals surface area (Å²) in [5.41, 5.74) is 2.58. The lowest BCUT2D eigenvalue weighted by Gasteiger charge is -2.09. The van der Waals surface area contributed by atoms with Gasteiger partial charge in [-0.05, 0) is 47.6 Å². The Bertz CT molecular complexity index is 1510. The van der Waals surface area contributed by atoms with Crippen LogP contribution in [0.4, 0.5) is 0 Å². The molecule has 2 aromatic heterocycles. The van der Waals surface area contributed by atoms with E-state index in [9.17, 15) is 14.4 Å². The number of allylic oxidation sites excluding steroid dienone is 1.